The van der Waals surface area contributed by atoms with Crippen molar-refractivity contribution in [1.29, 1.82) is 0 Å². The van der Waals surface area contributed by atoms with E-state index in [2.05, 4.69) is 10.6 Å². The summed E-state index contributed by atoms with van der Waals surface area (Å²) in [5.74, 6) is -0.371. The van der Waals surface area contributed by atoms with Crippen LogP contribution in [0.4, 0.5) is 10.5 Å². The lowest BCUT2D eigenvalue weighted by Gasteiger charge is -2.21. The second-order valence-corrected chi connectivity index (χ2v) is 5.74. The molecule has 1 aromatic carbocycles. The second-order valence-electron chi connectivity index (χ2n) is 5.34. The third-order valence-corrected chi connectivity index (χ3v) is 2.59. The van der Waals surface area contributed by atoms with E-state index in [1.54, 1.807) is 52.0 Å². The van der Waals surface area contributed by atoms with E-state index in [1.165, 1.54) is 0 Å². The topological polar surface area (TPSA) is 67.4 Å². The summed E-state index contributed by atoms with van der Waals surface area (Å²) >= 11 is 5.94. The van der Waals surface area contributed by atoms with E-state index in [4.69, 9.17) is 16.3 Å². The molecule has 0 saturated carbocycles. The number of amides is 2. The molecular weight excluding hydrogens is 280 g/mol. The normalized spacial score (nSPS) is 12.4. The number of para-hydroxylation sites is 1. The first-order valence-electron chi connectivity index (χ1n) is 6.24. The lowest BCUT2D eigenvalue weighted by Crippen LogP contribution is -2.44. The average Bonchev–Trinajstić information content (AvgIpc) is 2.29. The zero-order valence-electron chi connectivity index (χ0n) is 12.0. The Hall–Kier alpha value is -1.75. The van der Waals surface area contributed by atoms with Crippen LogP contribution < -0.4 is 10.6 Å². The Morgan fingerprint density at radius 2 is 1.85 bits per heavy atom. The molecule has 1 atom stereocenters. The standard InChI is InChI=1S/C14H19ClN2O3/c1-9(16-13(19)20-14(2,3)4)12(18)17-11-8-6-5-7-10(11)15/h5-9H,1-4H3,(H,16,19)(H,17,18)/t9-/m1/s1. The van der Waals surface area contributed by atoms with Crippen LogP contribution in [0.1, 0.15) is 27.7 Å². The van der Waals surface area contributed by atoms with Crippen LogP contribution in [0, 0.1) is 0 Å². The number of ether oxygens (including phenoxy) is 1. The third-order valence-electron chi connectivity index (χ3n) is 2.26. The van der Waals surface area contributed by atoms with Crippen LogP contribution in [0.3, 0.4) is 0 Å². The van der Waals surface area contributed by atoms with Gasteiger partial charge in [0.2, 0.25) is 5.91 Å². The van der Waals surface area contributed by atoms with Crippen molar-refractivity contribution in [1.82, 2.24) is 5.32 Å². The van der Waals surface area contributed by atoms with Gasteiger partial charge in [0.1, 0.15) is 11.6 Å². The maximum atomic E-state index is 11.9. The highest BCUT2D eigenvalue weighted by Crippen LogP contribution is 2.20. The van der Waals surface area contributed by atoms with Crippen molar-refractivity contribution in [3.05, 3.63) is 29.3 Å². The van der Waals surface area contributed by atoms with Crippen LogP contribution >= 0.6 is 11.6 Å². The molecule has 0 aliphatic heterocycles. The molecule has 0 unspecified atom stereocenters. The van der Waals surface area contributed by atoms with Gasteiger partial charge in [-0.15, -0.1) is 0 Å². The summed E-state index contributed by atoms with van der Waals surface area (Å²) in [6, 6.07) is 6.14. The summed E-state index contributed by atoms with van der Waals surface area (Å²) < 4.78 is 5.08. The van der Waals surface area contributed by atoms with E-state index in [9.17, 15) is 9.59 Å². The molecule has 0 aliphatic rings. The molecule has 6 heteroatoms. The van der Waals surface area contributed by atoms with Crippen molar-refractivity contribution in [3.63, 3.8) is 0 Å². The van der Waals surface area contributed by atoms with Gasteiger partial charge in [-0.1, -0.05) is 23.7 Å². The second kappa shape index (κ2) is 6.61. The van der Waals surface area contributed by atoms with E-state index in [0.717, 1.165) is 0 Å². The molecule has 0 saturated heterocycles. The summed E-state index contributed by atoms with van der Waals surface area (Å²) in [6.07, 6.45) is -0.640. The van der Waals surface area contributed by atoms with Crippen LogP contribution in [0.25, 0.3) is 0 Å². The minimum Gasteiger partial charge on any atom is -0.444 e. The van der Waals surface area contributed by atoms with E-state index in [1.807, 2.05) is 0 Å². The molecule has 1 rings (SSSR count). The summed E-state index contributed by atoms with van der Waals surface area (Å²) in [6.45, 7) is 6.82. The van der Waals surface area contributed by atoms with E-state index in [0.29, 0.717) is 10.7 Å². The van der Waals surface area contributed by atoms with Crippen LogP contribution in [0.15, 0.2) is 24.3 Å². The van der Waals surface area contributed by atoms with Gasteiger partial charge in [-0.2, -0.15) is 0 Å². The number of rotatable bonds is 3. The highest BCUT2D eigenvalue weighted by atomic mass is 35.5. The zero-order valence-corrected chi connectivity index (χ0v) is 12.7. The SMILES string of the molecule is C[C@@H](NC(=O)OC(C)(C)C)C(=O)Nc1ccccc1Cl. The Bertz CT molecular complexity index is 497. The van der Waals surface area contributed by atoms with Crippen LogP contribution in [0.5, 0.6) is 0 Å². The average molecular weight is 299 g/mol. The smallest absolute Gasteiger partial charge is 0.408 e. The third kappa shape index (κ3) is 5.48. The van der Waals surface area contributed by atoms with E-state index < -0.39 is 17.7 Å². The number of hydrogen-bond acceptors (Lipinski definition) is 3. The van der Waals surface area contributed by atoms with Gasteiger partial charge in [0.05, 0.1) is 10.7 Å². The summed E-state index contributed by atoms with van der Waals surface area (Å²) in [7, 11) is 0. The van der Waals surface area contributed by atoms with Gasteiger partial charge in [0.25, 0.3) is 0 Å². The first-order chi connectivity index (χ1) is 9.19. The molecule has 0 aromatic heterocycles. The summed E-state index contributed by atoms with van der Waals surface area (Å²) in [4.78, 5) is 23.5. The van der Waals surface area contributed by atoms with E-state index >= 15 is 0 Å². The molecule has 2 amide bonds. The van der Waals surface area contributed by atoms with Crippen molar-refractivity contribution in [3.8, 4) is 0 Å². The number of benzene rings is 1. The van der Waals surface area contributed by atoms with Crippen molar-refractivity contribution in [2.24, 2.45) is 0 Å². The monoisotopic (exact) mass is 298 g/mol. The minimum atomic E-state index is -0.735. The molecule has 5 nitrogen and oxygen atoms in total. The molecule has 0 spiro atoms. The van der Waals surface area contributed by atoms with Gasteiger partial charge in [-0.05, 0) is 39.8 Å². The summed E-state index contributed by atoms with van der Waals surface area (Å²) in [5, 5.41) is 5.53. The van der Waals surface area contributed by atoms with Gasteiger partial charge in [0, 0.05) is 0 Å². The molecule has 0 fully saturated rings. The Labute approximate surface area is 123 Å². The Morgan fingerprint density at radius 1 is 1.25 bits per heavy atom. The van der Waals surface area contributed by atoms with Crippen LogP contribution in [-0.4, -0.2) is 23.6 Å². The van der Waals surface area contributed by atoms with Crippen molar-refractivity contribution in [2.45, 2.75) is 39.3 Å². The predicted molar refractivity (Wildman–Crippen MR) is 78.9 cm³/mol. The fourth-order valence-corrected chi connectivity index (χ4v) is 1.54. The van der Waals surface area contributed by atoms with Gasteiger partial charge in [0.15, 0.2) is 0 Å². The highest BCUT2D eigenvalue weighted by molar-refractivity contribution is 6.33. The lowest BCUT2D eigenvalue weighted by molar-refractivity contribution is -0.117. The van der Waals surface area contributed by atoms with Crippen molar-refractivity contribution >= 4 is 29.3 Å². The number of hydrogen-bond donors (Lipinski definition) is 2. The number of nitrogens with one attached hydrogen (secondary N) is 2. The van der Waals surface area contributed by atoms with E-state index in [-0.39, 0.29) is 5.91 Å². The number of carbonyl (C=O) groups excluding carboxylic acids is 2. The minimum absolute atomic E-state index is 0.371. The van der Waals surface area contributed by atoms with Gasteiger partial charge < -0.3 is 15.4 Å². The van der Waals surface area contributed by atoms with Gasteiger partial charge in [-0.25, -0.2) is 4.79 Å². The maximum absolute atomic E-state index is 11.9. The molecule has 20 heavy (non-hydrogen) atoms. The number of anilines is 1. The van der Waals surface area contributed by atoms with Crippen LogP contribution in [-0.2, 0) is 9.53 Å². The lowest BCUT2D eigenvalue weighted by atomic mass is 10.2. The first-order valence-corrected chi connectivity index (χ1v) is 6.62. The molecule has 110 valence electrons. The number of carbonyl (C=O) groups is 2. The molecule has 2 N–H and O–H groups in total. The molecule has 0 heterocycles. The van der Waals surface area contributed by atoms with Crippen molar-refractivity contribution in [2.75, 3.05) is 5.32 Å². The summed E-state index contributed by atoms with van der Waals surface area (Å²) in [5.41, 5.74) is -0.111. The fourth-order valence-electron chi connectivity index (χ4n) is 1.35. The molecular formula is C14H19ClN2O3. The maximum Gasteiger partial charge on any atom is 0.408 e. The zero-order chi connectivity index (χ0) is 15.3. The fraction of sp³-hybridized carbons (Fsp3) is 0.429. The highest BCUT2D eigenvalue weighted by Gasteiger charge is 2.21. The Morgan fingerprint density at radius 3 is 2.40 bits per heavy atom. The molecule has 1 aromatic rings. The Kier molecular flexibility index (Phi) is 5.39. The quantitative estimate of drug-likeness (QED) is 0.900. The van der Waals surface area contributed by atoms with Gasteiger partial charge >= 0.3 is 6.09 Å². The first kappa shape index (κ1) is 16.3. The molecule has 0 radical (unpaired) electrons. The largest absolute Gasteiger partial charge is 0.444 e. The number of halogens is 1. The number of alkyl carbamates (subject to hydrolysis) is 1. The van der Waals surface area contributed by atoms with Gasteiger partial charge in [-0.3, -0.25) is 4.79 Å². The van der Waals surface area contributed by atoms with Crippen LogP contribution in [0.2, 0.25) is 5.02 Å². The van der Waals surface area contributed by atoms with Crippen molar-refractivity contribution < 1.29 is 14.3 Å². The predicted octanol–water partition coefficient (Wildman–Crippen LogP) is 3.19. The molecule has 0 bridgehead atoms. The Balaban J connectivity index is 2.56. The molecule has 0 aliphatic carbocycles.